The molecule has 4 aromatic carbocycles. The Bertz CT molecular complexity index is 2280. The number of nitrogens with zero attached hydrogens (tertiary/aromatic N) is 3. The minimum absolute atomic E-state index is 0. The Morgan fingerprint density at radius 2 is 1.30 bits per heavy atom. The summed E-state index contributed by atoms with van der Waals surface area (Å²) in [5.41, 5.74) is 9.88. The van der Waals surface area contributed by atoms with E-state index in [-0.39, 0.29) is 44.9 Å². The van der Waals surface area contributed by atoms with E-state index >= 15 is 0 Å². The first kappa shape index (κ1) is 50.0. The van der Waals surface area contributed by atoms with Crippen LogP contribution < -0.4 is 5.73 Å². The van der Waals surface area contributed by atoms with E-state index in [4.69, 9.17) is 32.4 Å². The van der Waals surface area contributed by atoms with Crippen molar-refractivity contribution in [3.05, 3.63) is 99.9 Å². The first-order valence-corrected chi connectivity index (χ1v) is 22.1. The molecule has 1 aromatic heterocycles. The lowest BCUT2D eigenvalue weighted by molar-refractivity contribution is 0.0221. The molecule has 9 nitrogen and oxygen atoms in total. The molecular formula is C48H63BrN4O5S2. The Labute approximate surface area is 375 Å². The maximum absolute atomic E-state index is 12.6. The predicted octanol–water partition coefficient (Wildman–Crippen LogP) is 13.0. The summed E-state index contributed by atoms with van der Waals surface area (Å²) in [4.78, 5) is 45.0. The van der Waals surface area contributed by atoms with Gasteiger partial charge >= 0.3 is 12.2 Å². The van der Waals surface area contributed by atoms with Gasteiger partial charge in [-0.1, -0.05) is 116 Å². The van der Waals surface area contributed by atoms with Crippen LogP contribution in [-0.2, 0) is 9.47 Å². The number of hydrogen-bond acceptors (Lipinski definition) is 8. The lowest BCUT2D eigenvalue weighted by atomic mass is 9.97. The van der Waals surface area contributed by atoms with Gasteiger partial charge in [0.2, 0.25) is 0 Å². The zero-order valence-electron chi connectivity index (χ0n) is 34.8. The topological polar surface area (TPSA) is 115 Å². The summed E-state index contributed by atoms with van der Waals surface area (Å²) in [6.07, 6.45) is 3.12. The number of thiocarbonyl (C=S) groups is 1. The van der Waals surface area contributed by atoms with E-state index in [1.807, 2.05) is 83.7 Å². The van der Waals surface area contributed by atoms with Gasteiger partial charge < -0.3 is 15.2 Å². The number of carbonyl (C=O) groups is 3. The Morgan fingerprint density at radius 1 is 0.783 bits per heavy atom. The molecule has 2 amide bonds. The summed E-state index contributed by atoms with van der Waals surface area (Å²) in [7, 11) is 0. The van der Waals surface area contributed by atoms with Gasteiger partial charge in [-0.25, -0.2) is 14.6 Å². The van der Waals surface area contributed by atoms with Crippen molar-refractivity contribution < 1.29 is 23.9 Å². The van der Waals surface area contributed by atoms with Crippen LogP contribution in [0, 0.1) is 13.8 Å². The molecule has 7 rings (SSSR count). The highest BCUT2D eigenvalue weighted by molar-refractivity contribution is 9.09. The summed E-state index contributed by atoms with van der Waals surface area (Å²) in [5, 5.41) is 8.08. The lowest BCUT2D eigenvalue weighted by Gasteiger charge is -2.27. The van der Waals surface area contributed by atoms with Crippen molar-refractivity contribution in [2.24, 2.45) is 5.73 Å². The number of hydrogen-bond donors (Lipinski definition) is 1. The highest BCUT2D eigenvalue weighted by atomic mass is 79.9. The number of amides is 2. The van der Waals surface area contributed by atoms with Crippen LogP contribution in [0.4, 0.5) is 9.59 Å². The number of carbonyl (C=O) groups excluding carboxylic acids is 3. The van der Waals surface area contributed by atoms with Crippen molar-refractivity contribution in [2.45, 2.75) is 119 Å². The monoisotopic (exact) mass is 918 g/mol. The molecule has 2 aliphatic rings. The predicted molar refractivity (Wildman–Crippen MR) is 258 cm³/mol. The van der Waals surface area contributed by atoms with Gasteiger partial charge in [-0.15, -0.1) is 11.3 Å². The molecule has 0 aliphatic carbocycles. The average molecular weight is 920 g/mol. The maximum Gasteiger partial charge on any atom is 0.410 e. The summed E-state index contributed by atoms with van der Waals surface area (Å²) in [5.74, 6) is 0.143. The molecule has 2 N–H and O–H groups in total. The smallest absolute Gasteiger partial charge is 0.410 e. The van der Waals surface area contributed by atoms with Crippen molar-refractivity contribution in [1.82, 2.24) is 14.8 Å². The van der Waals surface area contributed by atoms with E-state index in [1.54, 1.807) is 16.2 Å². The molecule has 2 saturated heterocycles. The summed E-state index contributed by atoms with van der Waals surface area (Å²) in [6.45, 7) is 16.7. The van der Waals surface area contributed by atoms with E-state index in [2.05, 4.69) is 70.7 Å². The first-order valence-electron chi connectivity index (χ1n) is 19.7. The molecule has 0 radical (unpaired) electrons. The first-order chi connectivity index (χ1) is 27.4. The van der Waals surface area contributed by atoms with Crippen LogP contribution >= 0.6 is 39.5 Å². The summed E-state index contributed by atoms with van der Waals surface area (Å²) >= 11 is 9.78. The van der Waals surface area contributed by atoms with Gasteiger partial charge in [-0.3, -0.25) is 14.6 Å². The molecule has 2 atom stereocenters. The summed E-state index contributed by atoms with van der Waals surface area (Å²) < 4.78 is 10.9. The standard InChI is InChI=1S/C23H26N2O2S.C13H11BrO.C10H18N2O2S.2CH4/c1-15-11-12-16-8-5-6-9-17(16)20(15)18-14-28-21(24-18)19-10-7-13-25(19)22(26)27-23(2,3)4;1-9-6-7-10-4-2-3-5-11(10)13(9)12(15)8-14;1-10(2,3)14-9(13)12-6-4-5-7(12)8(11)15;;/h5-6,8-9,11-12,14,19H,7,10,13H2,1-4H3;2-7H,8H2,1H3;7H,4-6H2,1-3H3,(H2,11,15);2*1H4/t19-;;7-;;/m0.0../s1. The highest BCUT2D eigenvalue weighted by Gasteiger charge is 2.35. The number of benzene rings is 4. The zero-order chi connectivity index (χ0) is 42.4. The molecule has 2 fully saturated rings. The number of likely N-dealkylation sites (tertiary alicyclic amines) is 2. The average Bonchev–Trinajstić information content (AvgIpc) is 3.95. The Hall–Kier alpha value is -4.39. The Balaban J connectivity index is 0.000000257. The van der Waals surface area contributed by atoms with Gasteiger partial charge in [0.05, 0.1) is 28.1 Å². The van der Waals surface area contributed by atoms with Gasteiger partial charge in [0.15, 0.2) is 5.78 Å². The van der Waals surface area contributed by atoms with Crippen LogP contribution in [0.2, 0.25) is 0 Å². The third kappa shape index (κ3) is 12.6. The van der Waals surface area contributed by atoms with Crippen LogP contribution in [0.25, 0.3) is 32.8 Å². The highest BCUT2D eigenvalue weighted by Crippen LogP contribution is 2.39. The molecule has 12 heteroatoms. The zero-order valence-corrected chi connectivity index (χ0v) is 38.0. The lowest BCUT2D eigenvalue weighted by Crippen LogP contribution is -2.45. The van der Waals surface area contributed by atoms with E-state index in [1.165, 1.54) is 21.9 Å². The number of thiazole rings is 1. The number of Topliss-reactive ketones (excluding diaryl/α,β-unsaturated/α-hetero) is 1. The van der Waals surface area contributed by atoms with Crippen molar-refractivity contribution in [2.75, 3.05) is 18.4 Å². The van der Waals surface area contributed by atoms with Gasteiger partial charge in [-0.05, 0) is 114 Å². The number of fused-ring (bicyclic) bond motifs is 2. The number of halogens is 1. The Kier molecular flexibility index (Phi) is 17.8. The molecule has 60 heavy (non-hydrogen) atoms. The number of alkyl halides is 1. The third-order valence-corrected chi connectivity index (χ3v) is 11.6. The fourth-order valence-electron chi connectivity index (χ4n) is 7.26. The normalized spacial score (nSPS) is 16.1. The van der Waals surface area contributed by atoms with Crippen molar-refractivity contribution in [3.63, 3.8) is 0 Å². The number of ether oxygens (including phenoxy) is 2. The van der Waals surface area contributed by atoms with Crippen LogP contribution in [0.3, 0.4) is 0 Å². The largest absolute Gasteiger partial charge is 0.444 e. The molecule has 0 bridgehead atoms. The maximum atomic E-state index is 12.6. The van der Waals surface area contributed by atoms with Gasteiger partial charge in [-0.2, -0.15) is 0 Å². The van der Waals surface area contributed by atoms with Gasteiger partial charge in [0, 0.05) is 29.6 Å². The third-order valence-electron chi connectivity index (χ3n) is 9.83. The Morgan fingerprint density at radius 3 is 1.88 bits per heavy atom. The molecule has 2 aliphatic heterocycles. The second-order valence-corrected chi connectivity index (χ2v) is 18.6. The van der Waals surface area contributed by atoms with Crippen LogP contribution in [-0.4, -0.2) is 73.4 Å². The van der Waals surface area contributed by atoms with E-state index < -0.39 is 11.2 Å². The van der Waals surface area contributed by atoms with E-state index in [9.17, 15) is 14.4 Å². The molecule has 5 aromatic rings. The molecule has 0 saturated carbocycles. The molecule has 324 valence electrons. The van der Waals surface area contributed by atoms with E-state index in [0.717, 1.165) is 64.8 Å². The second kappa shape index (κ2) is 21.4. The SMILES string of the molecule is C.C.CC(C)(C)OC(=O)N1CCC[C@H]1C(N)=S.Cc1ccc2ccccc2c1-c1csc([C@@H]2CCCN2C(=O)OC(C)(C)C)n1.Cc1ccc2ccccc2c1C(=O)CBr. The van der Waals surface area contributed by atoms with Gasteiger partial charge in [0.1, 0.15) is 16.2 Å². The van der Waals surface area contributed by atoms with Crippen molar-refractivity contribution in [1.29, 1.82) is 0 Å². The minimum Gasteiger partial charge on any atom is -0.444 e. The molecular weight excluding hydrogens is 857 g/mol. The minimum atomic E-state index is -0.488. The number of rotatable bonds is 5. The number of nitrogens with two attached hydrogens (primary N) is 1. The molecule has 0 unspecified atom stereocenters. The van der Waals surface area contributed by atoms with Crippen LogP contribution in [0.1, 0.15) is 115 Å². The fourth-order valence-corrected chi connectivity index (χ4v) is 8.74. The number of ketones is 1. The van der Waals surface area contributed by atoms with Gasteiger partial charge in [0.25, 0.3) is 0 Å². The van der Waals surface area contributed by atoms with Crippen molar-refractivity contribution in [3.8, 4) is 11.3 Å². The second-order valence-electron chi connectivity index (χ2n) is 16.7. The summed E-state index contributed by atoms with van der Waals surface area (Å²) in [6, 6.07) is 24.6. The number of aromatic nitrogens is 1. The van der Waals surface area contributed by atoms with Crippen LogP contribution in [0.5, 0.6) is 0 Å². The molecule has 0 spiro atoms. The van der Waals surface area contributed by atoms with Crippen molar-refractivity contribution >= 4 is 84.0 Å². The number of aryl methyl sites for hydroxylation is 2. The fraction of sp³-hybridized carbons (Fsp3) is 0.438. The quantitative estimate of drug-likeness (QED) is 0.105. The van der Waals surface area contributed by atoms with E-state index in [0.29, 0.717) is 16.9 Å². The molecule has 3 heterocycles. The van der Waals surface area contributed by atoms with Crippen LogP contribution in [0.15, 0.2) is 78.2 Å².